The van der Waals surface area contributed by atoms with Gasteiger partial charge in [-0.1, -0.05) is 6.92 Å². The lowest BCUT2D eigenvalue weighted by molar-refractivity contribution is -0.141. The number of rotatable bonds is 8. The average Bonchev–Trinajstić information content (AvgIpc) is 3.20. The Morgan fingerprint density at radius 2 is 1.84 bits per heavy atom. The highest BCUT2D eigenvalue weighted by molar-refractivity contribution is 7.18. The van der Waals surface area contributed by atoms with Crippen LogP contribution in [-0.2, 0) is 27.0 Å². The summed E-state index contributed by atoms with van der Waals surface area (Å²) in [6.45, 7) is 6.09. The third-order valence-electron chi connectivity index (χ3n) is 4.07. The summed E-state index contributed by atoms with van der Waals surface area (Å²) in [4.78, 5) is 37.3. The number of hydrogen-bond donors (Lipinski definition) is 1. The van der Waals surface area contributed by atoms with Crippen LogP contribution in [0.4, 0.5) is 18.2 Å². The van der Waals surface area contributed by atoms with Gasteiger partial charge in [0.25, 0.3) is 0 Å². The maximum absolute atomic E-state index is 12.8. The van der Waals surface area contributed by atoms with E-state index in [-0.39, 0.29) is 39.9 Å². The minimum atomic E-state index is -4.64. The van der Waals surface area contributed by atoms with E-state index in [2.05, 4.69) is 10.4 Å². The topological polar surface area (TPSA) is 99.5 Å². The number of carbonyl (C=O) groups excluding carboxylic acids is 3. The Labute approximate surface area is 180 Å². The van der Waals surface area contributed by atoms with Crippen LogP contribution in [0.3, 0.4) is 0 Å². The molecule has 31 heavy (non-hydrogen) atoms. The van der Waals surface area contributed by atoms with Crippen molar-refractivity contribution in [3.63, 3.8) is 0 Å². The van der Waals surface area contributed by atoms with Gasteiger partial charge in [0.15, 0.2) is 5.69 Å². The zero-order chi connectivity index (χ0) is 23.3. The van der Waals surface area contributed by atoms with Crippen molar-refractivity contribution in [1.82, 2.24) is 9.78 Å². The first-order valence-corrected chi connectivity index (χ1v) is 10.2. The number of hydrogen-bond acceptors (Lipinski definition) is 7. The smallest absolute Gasteiger partial charge is 0.435 e. The molecule has 1 amide bonds. The third-order valence-corrected chi connectivity index (χ3v) is 5.25. The zero-order valence-corrected chi connectivity index (χ0v) is 18.2. The van der Waals surface area contributed by atoms with Gasteiger partial charge in [-0.15, -0.1) is 11.3 Å². The molecule has 0 unspecified atom stereocenters. The number of aromatic nitrogens is 2. The number of halogens is 3. The predicted octanol–water partition coefficient (Wildman–Crippen LogP) is 3.96. The maximum atomic E-state index is 12.8. The molecule has 0 spiro atoms. The van der Waals surface area contributed by atoms with Gasteiger partial charge in [-0.25, -0.2) is 9.59 Å². The second-order valence-corrected chi connectivity index (χ2v) is 7.51. The van der Waals surface area contributed by atoms with Gasteiger partial charge < -0.3 is 14.8 Å². The molecule has 0 aliphatic carbocycles. The Morgan fingerprint density at radius 3 is 2.39 bits per heavy atom. The van der Waals surface area contributed by atoms with E-state index in [1.807, 2.05) is 6.92 Å². The number of alkyl halides is 3. The van der Waals surface area contributed by atoms with E-state index in [0.29, 0.717) is 6.42 Å². The van der Waals surface area contributed by atoms with Crippen molar-refractivity contribution < 1.29 is 37.0 Å². The summed E-state index contributed by atoms with van der Waals surface area (Å²) in [7, 11) is 0. The zero-order valence-electron chi connectivity index (χ0n) is 17.4. The molecule has 0 atom stereocenters. The normalized spacial score (nSPS) is 11.3. The van der Waals surface area contributed by atoms with Crippen molar-refractivity contribution >= 4 is 34.2 Å². The number of amides is 1. The summed E-state index contributed by atoms with van der Waals surface area (Å²) in [5.41, 5.74) is -0.685. The van der Waals surface area contributed by atoms with Gasteiger partial charge in [-0.2, -0.15) is 18.3 Å². The monoisotopic (exact) mass is 461 g/mol. The molecule has 0 bridgehead atoms. The summed E-state index contributed by atoms with van der Waals surface area (Å²) < 4.78 is 49.5. The first kappa shape index (κ1) is 24.4. The van der Waals surface area contributed by atoms with Gasteiger partial charge in [0.05, 0.1) is 18.8 Å². The fourth-order valence-corrected chi connectivity index (χ4v) is 3.72. The quantitative estimate of drug-likeness (QED) is 0.598. The van der Waals surface area contributed by atoms with Crippen LogP contribution in [0.15, 0.2) is 6.07 Å². The molecule has 0 aliphatic rings. The standard InChI is InChI=1S/C19H22F3N3O5S/c1-5-7-30-17(27)14-11(4)15(18(28)29-6-2)31-16(14)23-13(26)9-25-10(3)8-12(24-25)19(20,21)22/h8H,5-7,9H2,1-4H3,(H,23,26). The van der Waals surface area contributed by atoms with Crippen molar-refractivity contribution in [3.8, 4) is 0 Å². The first-order valence-electron chi connectivity index (χ1n) is 9.38. The molecule has 0 aromatic carbocycles. The van der Waals surface area contributed by atoms with E-state index in [1.165, 1.54) is 13.8 Å². The maximum Gasteiger partial charge on any atom is 0.435 e. The van der Waals surface area contributed by atoms with Gasteiger partial charge >= 0.3 is 18.1 Å². The molecule has 0 aliphatic heterocycles. The molecule has 2 aromatic heterocycles. The number of ether oxygens (including phenoxy) is 2. The Morgan fingerprint density at radius 1 is 1.16 bits per heavy atom. The van der Waals surface area contributed by atoms with Crippen LogP contribution in [0.5, 0.6) is 0 Å². The molecular formula is C19H22F3N3O5S. The molecule has 8 nitrogen and oxygen atoms in total. The van der Waals surface area contributed by atoms with Gasteiger partial charge in [0.1, 0.15) is 16.4 Å². The lowest BCUT2D eigenvalue weighted by Gasteiger charge is -2.08. The number of anilines is 1. The van der Waals surface area contributed by atoms with E-state index in [0.717, 1.165) is 22.1 Å². The van der Waals surface area contributed by atoms with Gasteiger partial charge in [0.2, 0.25) is 5.91 Å². The van der Waals surface area contributed by atoms with E-state index in [9.17, 15) is 27.6 Å². The third kappa shape index (κ3) is 5.84. The highest BCUT2D eigenvalue weighted by atomic mass is 32.1. The van der Waals surface area contributed by atoms with Crippen molar-refractivity contribution in [2.45, 2.75) is 46.8 Å². The molecule has 2 rings (SSSR count). The van der Waals surface area contributed by atoms with E-state index in [1.54, 1.807) is 6.92 Å². The second kappa shape index (κ2) is 9.94. The number of thiophene rings is 1. The molecular weight excluding hydrogens is 439 g/mol. The summed E-state index contributed by atoms with van der Waals surface area (Å²) in [6.07, 6.45) is -4.07. The van der Waals surface area contributed by atoms with Gasteiger partial charge in [-0.05, 0) is 38.8 Å². The minimum absolute atomic E-state index is 0.00280. The van der Waals surface area contributed by atoms with Crippen LogP contribution in [0.1, 0.15) is 57.2 Å². The average molecular weight is 461 g/mol. The second-order valence-electron chi connectivity index (χ2n) is 6.49. The highest BCUT2D eigenvalue weighted by Gasteiger charge is 2.34. The lowest BCUT2D eigenvalue weighted by atomic mass is 10.1. The minimum Gasteiger partial charge on any atom is -0.462 e. The summed E-state index contributed by atoms with van der Waals surface area (Å²) in [6, 6.07) is 0.828. The van der Waals surface area contributed by atoms with Crippen LogP contribution in [0, 0.1) is 13.8 Å². The van der Waals surface area contributed by atoms with Crippen molar-refractivity contribution in [3.05, 3.63) is 33.5 Å². The Balaban J connectivity index is 2.31. The molecule has 0 saturated carbocycles. The summed E-state index contributed by atoms with van der Waals surface area (Å²) >= 11 is 0.832. The number of carbonyl (C=O) groups is 3. The molecule has 12 heteroatoms. The molecule has 0 fully saturated rings. The Hall–Kier alpha value is -2.89. The number of esters is 2. The molecule has 0 radical (unpaired) electrons. The van der Waals surface area contributed by atoms with Crippen LogP contribution < -0.4 is 5.32 Å². The molecule has 0 saturated heterocycles. The molecule has 2 heterocycles. The SMILES string of the molecule is CCCOC(=O)c1c(NC(=O)Cn2nc(C(F)(F)F)cc2C)sc(C(=O)OCC)c1C. The summed E-state index contributed by atoms with van der Waals surface area (Å²) in [5, 5.41) is 5.93. The molecule has 2 aromatic rings. The van der Waals surface area contributed by atoms with Crippen molar-refractivity contribution in [2.75, 3.05) is 18.5 Å². The van der Waals surface area contributed by atoms with Crippen LogP contribution in [0.2, 0.25) is 0 Å². The van der Waals surface area contributed by atoms with Crippen LogP contribution in [0.25, 0.3) is 0 Å². The number of nitrogens with zero attached hydrogens (tertiary/aromatic N) is 2. The predicted molar refractivity (Wildman–Crippen MR) is 106 cm³/mol. The van der Waals surface area contributed by atoms with Gasteiger partial charge in [0, 0.05) is 5.69 Å². The Bertz CT molecular complexity index is 981. The largest absolute Gasteiger partial charge is 0.462 e. The van der Waals surface area contributed by atoms with E-state index >= 15 is 0 Å². The lowest BCUT2D eigenvalue weighted by Crippen LogP contribution is -2.21. The van der Waals surface area contributed by atoms with Crippen molar-refractivity contribution in [1.29, 1.82) is 0 Å². The van der Waals surface area contributed by atoms with Crippen LogP contribution >= 0.6 is 11.3 Å². The van der Waals surface area contributed by atoms with Crippen LogP contribution in [-0.4, -0.2) is 40.8 Å². The van der Waals surface area contributed by atoms with E-state index < -0.39 is 36.3 Å². The highest BCUT2D eigenvalue weighted by Crippen LogP contribution is 2.34. The summed E-state index contributed by atoms with van der Waals surface area (Å²) in [5.74, 6) is -2.11. The molecule has 1 N–H and O–H groups in total. The number of aryl methyl sites for hydroxylation is 1. The molecule has 170 valence electrons. The van der Waals surface area contributed by atoms with E-state index in [4.69, 9.17) is 9.47 Å². The first-order chi connectivity index (χ1) is 14.5. The Kier molecular flexibility index (Phi) is 7.82. The van der Waals surface area contributed by atoms with Crippen molar-refractivity contribution in [2.24, 2.45) is 0 Å². The fraction of sp³-hybridized carbons (Fsp3) is 0.474. The fourth-order valence-electron chi connectivity index (χ4n) is 2.62. The number of nitrogens with one attached hydrogen (secondary N) is 1. The van der Waals surface area contributed by atoms with Gasteiger partial charge in [-0.3, -0.25) is 9.48 Å².